The van der Waals surface area contributed by atoms with Crippen molar-refractivity contribution in [3.63, 3.8) is 0 Å². The Morgan fingerprint density at radius 3 is 2.71 bits per heavy atom. The van der Waals surface area contributed by atoms with E-state index in [2.05, 4.69) is 32.6 Å². The number of hydrogen-bond donors (Lipinski definition) is 2. The van der Waals surface area contributed by atoms with Gasteiger partial charge in [0.1, 0.15) is 5.69 Å². The van der Waals surface area contributed by atoms with Crippen molar-refractivity contribution in [1.29, 1.82) is 0 Å². The molecule has 0 radical (unpaired) electrons. The van der Waals surface area contributed by atoms with Crippen LogP contribution in [0.15, 0.2) is 40.2 Å². The third-order valence-corrected chi connectivity index (χ3v) is 3.03. The minimum Gasteiger partial charge on any atom is -0.288 e. The molecule has 0 saturated carbocycles. The molecule has 0 aliphatic carbocycles. The molecule has 110 valence electrons. The van der Waals surface area contributed by atoms with Gasteiger partial charge in [0.15, 0.2) is 0 Å². The van der Waals surface area contributed by atoms with Crippen LogP contribution in [0.1, 0.15) is 37.4 Å². The predicted molar refractivity (Wildman–Crippen MR) is 83.5 cm³/mol. The molecule has 6 heteroatoms. The van der Waals surface area contributed by atoms with Gasteiger partial charge in [0.05, 0.1) is 5.71 Å². The first-order valence-electron chi connectivity index (χ1n) is 7.02. The third-order valence-electron chi connectivity index (χ3n) is 3.03. The summed E-state index contributed by atoms with van der Waals surface area (Å²) in [5.41, 5.74) is 4.83. The molecule has 1 aromatic carbocycles. The van der Waals surface area contributed by atoms with Gasteiger partial charge in [0.25, 0.3) is 5.56 Å². The molecule has 0 amide bonds. The van der Waals surface area contributed by atoms with Crippen LogP contribution in [0.3, 0.4) is 0 Å². The van der Waals surface area contributed by atoms with Gasteiger partial charge in [-0.3, -0.25) is 9.78 Å². The molecule has 1 aromatic heterocycles. The molecular weight excluding hydrogens is 266 g/mol. The molecule has 6 nitrogen and oxygen atoms in total. The van der Waals surface area contributed by atoms with Gasteiger partial charge in [-0.25, -0.2) is 5.43 Å². The second kappa shape index (κ2) is 7.33. The summed E-state index contributed by atoms with van der Waals surface area (Å²) < 4.78 is 0. The van der Waals surface area contributed by atoms with Gasteiger partial charge in [-0.05, 0) is 25.3 Å². The molecule has 21 heavy (non-hydrogen) atoms. The van der Waals surface area contributed by atoms with Gasteiger partial charge in [-0.2, -0.15) is 5.10 Å². The largest absolute Gasteiger partial charge is 0.288 e. The zero-order valence-corrected chi connectivity index (χ0v) is 12.3. The number of rotatable bonds is 6. The van der Waals surface area contributed by atoms with Gasteiger partial charge in [0, 0.05) is 0 Å². The van der Waals surface area contributed by atoms with Crippen molar-refractivity contribution in [2.75, 3.05) is 5.43 Å². The lowest BCUT2D eigenvalue weighted by Gasteiger charge is -2.07. The highest BCUT2D eigenvalue weighted by Gasteiger charge is 2.04. The average molecular weight is 285 g/mol. The number of hydrazone groups is 1. The number of nitrogens with zero attached hydrogens (tertiary/aromatic N) is 3. The van der Waals surface area contributed by atoms with E-state index in [9.17, 15) is 4.79 Å². The summed E-state index contributed by atoms with van der Waals surface area (Å²) in [4.78, 5) is 14.1. The number of unbranched alkanes of at least 4 members (excludes halogenated alkanes) is 1. The second-order valence-corrected chi connectivity index (χ2v) is 4.73. The number of aromatic nitrogens is 3. The fraction of sp³-hybridized carbons (Fsp3) is 0.333. The van der Waals surface area contributed by atoms with E-state index in [1.165, 1.54) is 0 Å². The van der Waals surface area contributed by atoms with Gasteiger partial charge in [0.2, 0.25) is 5.95 Å². The maximum atomic E-state index is 11.5. The molecular formula is C15H19N5O. The normalized spacial score (nSPS) is 11.4. The SMILES string of the molecule is CCCC/C(=N\Nc1nnc(C)c(=O)[nH]1)c1ccccc1. The van der Waals surface area contributed by atoms with Crippen molar-refractivity contribution >= 4 is 11.7 Å². The Morgan fingerprint density at radius 1 is 1.29 bits per heavy atom. The lowest BCUT2D eigenvalue weighted by Crippen LogP contribution is -2.16. The minimum atomic E-state index is -0.266. The number of anilines is 1. The molecule has 1 heterocycles. The van der Waals surface area contributed by atoms with Crippen molar-refractivity contribution in [3.8, 4) is 0 Å². The van der Waals surface area contributed by atoms with E-state index in [1.54, 1.807) is 6.92 Å². The predicted octanol–water partition coefficient (Wildman–Crippen LogP) is 2.48. The molecule has 0 unspecified atom stereocenters. The van der Waals surface area contributed by atoms with E-state index in [0.717, 1.165) is 30.5 Å². The van der Waals surface area contributed by atoms with E-state index in [4.69, 9.17) is 0 Å². The number of aryl methyl sites for hydroxylation is 1. The van der Waals surface area contributed by atoms with Crippen molar-refractivity contribution in [2.24, 2.45) is 5.10 Å². The Bertz CT molecular complexity index is 663. The van der Waals surface area contributed by atoms with Crippen LogP contribution < -0.4 is 11.0 Å². The number of hydrogen-bond acceptors (Lipinski definition) is 5. The quantitative estimate of drug-likeness (QED) is 0.631. The zero-order valence-electron chi connectivity index (χ0n) is 12.3. The second-order valence-electron chi connectivity index (χ2n) is 4.73. The molecule has 0 atom stereocenters. The first-order valence-corrected chi connectivity index (χ1v) is 7.02. The van der Waals surface area contributed by atoms with Crippen LogP contribution in [0.25, 0.3) is 0 Å². The molecule has 0 spiro atoms. The van der Waals surface area contributed by atoms with Gasteiger partial charge >= 0.3 is 0 Å². The van der Waals surface area contributed by atoms with Crippen LogP contribution in [0, 0.1) is 6.92 Å². The van der Waals surface area contributed by atoms with Gasteiger partial charge in [-0.1, -0.05) is 43.7 Å². The average Bonchev–Trinajstić information content (AvgIpc) is 2.51. The Labute approximate surface area is 123 Å². The van der Waals surface area contributed by atoms with Crippen LogP contribution in [-0.4, -0.2) is 20.9 Å². The van der Waals surface area contributed by atoms with Gasteiger partial charge < -0.3 is 0 Å². The number of H-pyrrole nitrogens is 1. The first-order chi connectivity index (χ1) is 10.2. The van der Waals surface area contributed by atoms with Crippen molar-refractivity contribution < 1.29 is 0 Å². The fourth-order valence-corrected chi connectivity index (χ4v) is 1.80. The summed E-state index contributed by atoms with van der Waals surface area (Å²) in [6.45, 7) is 3.74. The van der Waals surface area contributed by atoms with Crippen LogP contribution >= 0.6 is 0 Å². The maximum Gasteiger partial charge on any atom is 0.274 e. The summed E-state index contributed by atoms with van der Waals surface area (Å²) >= 11 is 0. The molecule has 2 rings (SSSR count). The Kier molecular flexibility index (Phi) is 5.20. The number of benzene rings is 1. The van der Waals surface area contributed by atoms with Crippen molar-refractivity contribution in [1.82, 2.24) is 15.2 Å². The molecule has 2 aromatic rings. The Hall–Kier alpha value is -2.50. The molecule has 0 aliphatic heterocycles. The van der Waals surface area contributed by atoms with Crippen molar-refractivity contribution in [3.05, 3.63) is 51.9 Å². The monoisotopic (exact) mass is 285 g/mol. The van der Waals surface area contributed by atoms with Gasteiger partial charge in [-0.15, -0.1) is 10.2 Å². The highest BCUT2D eigenvalue weighted by Crippen LogP contribution is 2.08. The summed E-state index contributed by atoms with van der Waals surface area (Å²) in [7, 11) is 0. The van der Waals surface area contributed by atoms with Crippen molar-refractivity contribution in [2.45, 2.75) is 33.1 Å². The van der Waals surface area contributed by atoms with E-state index in [0.29, 0.717) is 5.69 Å². The topological polar surface area (TPSA) is 83.0 Å². The molecule has 0 fully saturated rings. The first kappa shape index (κ1) is 14.9. The highest BCUT2D eigenvalue weighted by atomic mass is 16.1. The van der Waals surface area contributed by atoms with E-state index >= 15 is 0 Å². The lowest BCUT2D eigenvalue weighted by atomic mass is 10.1. The summed E-state index contributed by atoms with van der Waals surface area (Å²) in [6.07, 6.45) is 3.00. The molecule has 2 N–H and O–H groups in total. The summed E-state index contributed by atoms with van der Waals surface area (Å²) in [5.74, 6) is 0.246. The fourth-order valence-electron chi connectivity index (χ4n) is 1.80. The number of aromatic amines is 1. The van der Waals surface area contributed by atoms with Crippen LogP contribution in [0.5, 0.6) is 0 Å². The molecule has 0 aliphatic rings. The third kappa shape index (κ3) is 4.24. The van der Waals surface area contributed by atoms with E-state index in [-0.39, 0.29) is 11.5 Å². The van der Waals surface area contributed by atoms with Crippen LogP contribution in [0.4, 0.5) is 5.95 Å². The van der Waals surface area contributed by atoms with E-state index in [1.807, 2.05) is 30.3 Å². The standard InChI is InChI=1S/C15H19N5O/c1-3-4-10-13(12-8-6-5-7-9-12)18-20-15-16-14(21)11(2)17-19-15/h5-9H,3-4,10H2,1-2H3,(H2,16,19,20,21)/b18-13+. The summed E-state index contributed by atoms with van der Waals surface area (Å²) in [5, 5.41) is 12.0. The Balaban J connectivity index is 2.20. The molecule has 0 bridgehead atoms. The highest BCUT2D eigenvalue weighted by molar-refractivity contribution is 6.00. The Morgan fingerprint density at radius 2 is 2.05 bits per heavy atom. The zero-order chi connectivity index (χ0) is 15.1. The van der Waals surface area contributed by atoms with Crippen LogP contribution in [0.2, 0.25) is 0 Å². The van der Waals surface area contributed by atoms with E-state index < -0.39 is 0 Å². The summed E-state index contributed by atoms with van der Waals surface area (Å²) in [6, 6.07) is 9.95. The molecule has 0 saturated heterocycles. The maximum absolute atomic E-state index is 11.5. The number of nitrogens with one attached hydrogen (secondary N) is 2. The smallest absolute Gasteiger partial charge is 0.274 e. The minimum absolute atomic E-state index is 0.246. The van der Waals surface area contributed by atoms with Crippen LogP contribution in [-0.2, 0) is 0 Å². The lowest BCUT2D eigenvalue weighted by molar-refractivity contribution is 0.832.